The van der Waals surface area contributed by atoms with Crippen molar-refractivity contribution in [3.05, 3.63) is 42.1 Å². The molecule has 1 aromatic carbocycles. The van der Waals surface area contributed by atoms with Crippen LogP contribution in [0.3, 0.4) is 0 Å². The Morgan fingerprint density at radius 2 is 2.04 bits per heavy atom. The molecule has 0 saturated carbocycles. The molecule has 2 aromatic heterocycles. The smallest absolute Gasteiger partial charge is 0.258 e. The van der Waals surface area contributed by atoms with Crippen molar-refractivity contribution >= 4 is 16.9 Å². The van der Waals surface area contributed by atoms with Gasteiger partial charge in [0.15, 0.2) is 12.3 Å². The highest BCUT2D eigenvalue weighted by Gasteiger charge is 2.16. The standard InChI is InChI=1S/C20H24N4O2/c1-5-13(2)21-17(25)12-26-18-11-16(15-9-7-6-8-10-15)19-14(3)23-24(4)20(19)22-18/h6-11,13H,5,12H2,1-4H3,(H,21,25)/t13-/m0/s1. The average Bonchev–Trinajstić information content (AvgIpc) is 2.94. The molecule has 1 atom stereocenters. The van der Waals surface area contributed by atoms with Crippen LogP contribution in [0.25, 0.3) is 22.2 Å². The molecule has 6 heteroatoms. The van der Waals surface area contributed by atoms with Gasteiger partial charge in [-0.1, -0.05) is 37.3 Å². The molecule has 0 saturated heterocycles. The van der Waals surface area contributed by atoms with E-state index in [1.54, 1.807) is 4.68 Å². The minimum absolute atomic E-state index is 0.0616. The van der Waals surface area contributed by atoms with Gasteiger partial charge in [0.05, 0.1) is 11.1 Å². The largest absolute Gasteiger partial charge is 0.467 e. The van der Waals surface area contributed by atoms with Gasteiger partial charge in [-0.2, -0.15) is 10.1 Å². The molecule has 0 unspecified atom stereocenters. The number of aromatic nitrogens is 3. The van der Waals surface area contributed by atoms with Gasteiger partial charge in [0.1, 0.15) is 0 Å². The number of carbonyl (C=O) groups excluding carboxylic acids is 1. The summed E-state index contributed by atoms with van der Waals surface area (Å²) >= 11 is 0. The molecule has 1 amide bonds. The van der Waals surface area contributed by atoms with E-state index in [1.807, 2.05) is 64.2 Å². The first-order valence-corrected chi connectivity index (χ1v) is 8.81. The second-order valence-electron chi connectivity index (χ2n) is 6.45. The highest BCUT2D eigenvalue weighted by atomic mass is 16.5. The number of nitrogens with one attached hydrogen (secondary N) is 1. The van der Waals surface area contributed by atoms with E-state index < -0.39 is 0 Å². The third-order valence-electron chi connectivity index (χ3n) is 4.40. The fourth-order valence-electron chi connectivity index (χ4n) is 2.90. The lowest BCUT2D eigenvalue weighted by Gasteiger charge is -2.13. The minimum atomic E-state index is -0.149. The lowest BCUT2D eigenvalue weighted by molar-refractivity contribution is -0.123. The van der Waals surface area contributed by atoms with Crippen LogP contribution in [0.1, 0.15) is 26.0 Å². The third-order valence-corrected chi connectivity index (χ3v) is 4.40. The van der Waals surface area contributed by atoms with Crippen LogP contribution in [0.15, 0.2) is 36.4 Å². The topological polar surface area (TPSA) is 69.0 Å². The molecule has 0 spiro atoms. The molecule has 1 N–H and O–H groups in total. The molecule has 0 bridgehead atoms. The Kier molecular flexibility index (Phi) is 5.21. The molecule has 3 aromatic rings. The van der Waals surface area contributed by atoms with Gasteiger partial charge in [-0.15, -0.1) is 0 Å². The second kappa shape index (κ2) is 7.56. The summed E-state index contributed by atoms with van der Waals surface area (Å²) in [6, 6.07) is 12.1. The van der Waals surface area contributed by atoms with E-state index in [-0.39, 0.29) is 18.6 Å². The Bertz CT molecular complexity index is 918. The van der Waals surface area contributed by atoms with Crippen LogP contribution < -0.4 is 10.1 Å². The molecule has 0 fully saturated rings. The van der Waals surface area contributed by atoms with Crippen molar-refractivity contribution in [3.63, 3.8) is 0 Å². The second-order valence-corrected chi connectivity index (χ2v) is 6.45. The molecular weight excluding hydrogens is 328 g/mol. The van der Waals surface area contributed by atoms with Gasteiger partial charge in [-0.3, -0.25) is 9.48 Å². The molecule has 0 radical (unpaired) electrons. The van der Waals surface area contributed by atoms with Gasteiger partial charge in [-0.25, -0.2) is 0 Å². The predicted molar refractivity (Wildman–Crippen MR) is 102 cm³/mol. The quantitative estimate of drug-likeness (QED) is 0.739. The Morgan fingerprint density at radius 3 is 2.73 bits per heavy atom. The van der Waals surface area contributed by atoms with Gasteiger partial charge >= 0.3 is 0 Å². The summed E-state index contributed by atoms with van der Waals surface area (Å²) in [5.41, 5.74) is 3.71. The van der Waals surface area contributed by atoms with E-state index in [1.165, 1.54) is 0 Å². The number of amides is 1. The van der Waals surface area contributed by atoms with E-state index in [0.717, 1.165) is 34.3 Å². The number of nitrogens with zero attached hydrogens (tertiary/aromatic N) is 3. The number of hydrogen-bond donors (Lipinski definition) is 1. The fourth-order valence-corrected chi connectivity index (χ4v) is 2.90. The van der Waals surface area contributed by atoms with Gasteiger partial charge in [0.25, 0.3) is 5.91 Å². The van der Waals surface area contributed by atoms with Crippen molar-refractivity contribution in [2.45, 2.75) is 33.2 Å². The number of benzene rings is 1. The van der Waals surface area contributed by atoms with Gasteiger partial charge in [0.2, 0.25) is 5.88 Å². The molecule has 26 heavy (non-hydrogen) atoms. The number of fused-ring (bicyclic) bond motifs is 1. The number of rotatable bonds is 6. The van der Waals surface area contributed by atoms with Crippen LogP contribution in [0.4, 0.5) is 0 Å². The highest BCUT2D eigenvalue weighted by molar-refractivity contribution is 5.95. The van der Waals surface area contributed by atoms with Crippen LogP contribution >= 0.6 is 0 Å². The first-order valence-electron chi connectivity index (χ1n) is 8.81. The minimum Gasteiger partial charge on any atom is -0.467 e. The number of pyridine rings is 1. The fraction of sp³-hybridized carbons (Fsp3) is 0.350. The molecule has 2 heterocycles. The van der Waals surface area contributed by atoms with Crippen molar-refractivity contribution in [2.24, 2.45) is 7.05 Å². The summed E-state index contributed by atoms with van der Waals surface area (Å²) in [6.07, 6.45) is 0.877. The molecular formula is C20H24N4O2. The molecule has 0 aliphatic heterocycles. The van der Waals surface area contributed by atoms with E-state index in [0.29, 0.717) is 5.88 Å². The van der Waals surface area contributed by atoms with Gasteiger partial charge in [-0.05, 0) is 31.4 Å². The number of hydrogen-bond acceptors (Lipinski definition) is 4. The number of carbonyl (C=O) groups is 1. The molecule has 0 aliphatic carbocycles. The maximum absolute atomic E-state index is 12.0. The normalized spacial score (nSPS) is 12.2. The SMILES string of the molecule is CC[C@H](C)NC(=O)COc1cc(-c2ccccc2)c2c(C)nn(C)c2n1. The van der Waals surface area contributed by atoms with Crippen molar-refractivity contribution in [1.82, 2.24) is 20.1 Å². The van der Waals surface area contributed by atoms with Crippen LogP contribution in [0.2, 0.25) is 0 Å². The molecule has 0 aliphatic rings. The Labute approximate surface area is 153 Å². The molecule has 6 nitrogen and oxygen atoms in total. The summed E-state index contributed by atoms with van der Waals surface area (Å²) in [5, 5.41) is 8.37. The first kappa shape index (κ1) is 17.9. The molecule has 3 rings (SSSR count). The zero-order valence-electron chi connectivity index (χ0n) is 15.6. The Morgan fingerprint density at radius 1 is 1.31 bits per heavy atom. The third kappa shape index (κ3) is 3.69. The number of aryl methyl sites for hydroxylation is 2. The van der Waals surface area contributed by atoms with Crippen LogP contribution in [0, 0.1) is 6.92 Å². The highest BCUT2D eigenvalue weighted by Crippen LogP contribution is 2.32. The summed E-state index contributed by atoms with van der Waals surface area (Å²) in [6.45, 7) is 5.90. The lowest BCUT2D eigenvalue weighted by Crippen LogP contribution is -2.35. The first-order chi connectivity index (χ1) is 12.5. The van der Waals surface area contributed by atoms with Crippen molar-refractivity contribution < 1.29 is 9.53 Å². The zero-order chi connectivity index (χ0) is 18.7. The summed E-state index contributed by atoms with van der Waals surface area (Å²) in [4.78, 5) is 16.5. The summed E-state index contributed by atoms with van der Waals surface area (Å²) in [7, 11) is 1.86. The Hall–Kier alpha value is -2.89. The predicted octanol–water partition coefficient (Wildman–Crippen LogP) is 3.24. The Balaban J connectivity index is 1.95. The molecule has 136 valence electrons. The van der Waals surface area contributed by atoms with Crippen LogP contribution in [-0.2, 0) is 11.8 Å². The number of ether oxygens (including phenoxy) is 1. The van der Waals surface area contributed by atoms with Crippen molar-refractivity contribution in [1.29, 1.82) is 0 Å². The van der Waals surface area contributed by atoms with Crippen LogP contribution in [0.5, 0.6) is 5.88 Å². The van der Waals surface area contributed by atoms with Gasteiger partial charge in [0, 0.05) is 19.2 Å². The van der Waals surface area contributed by atoms with Crippen molar-refractivity contribution in [2.75, 3.05) is 6.61 Å². The van der Waals surface area contributed by atoms with E-state index in [2.05, 4.69) is 15.4 Å². The van der Waals surface area contributed by atoms with Gasteiger partial charge < -0.3 is 10.1 Å². The van der Waals surface area contributed by atoms with Crippen LogP contribution in [-0.4, -0.2) is 33.3 Å². The van der Waals surface area contributed by atoms with E-state index in [9.17, 15) is 4.79 Å². The zero-order valence-corrected chi connectivity index (χ0v) is 15.6. The maximum atomic E-state index is 12.0. The maximum Gasteiger partial charge on any atom is 0.258 e. The van der Waals surface area contributed by atoms with E-state index >= 15 is 0 Å². The van der Waals surface area contributed by atoms with E-state index in [4.69, 9.17) is 4.74 Å². The van der Waals surface area contributed by atoms with Crippen molar-refractivity contribution in [3.8, 4) is 17.0 Å². The monoisotopic (exact) mass is 352 g/mol. The average molecular weight is 352 g/mol. The summed E-state index contributed by atoms with van der Waals surface area (Å²) in [5.74, 6) is 0.266. The summed E-state index contributed by atoms with van der Waals surface area (Å²) < 4.78 is 7.42. The lowest BCUT2D eigenvalue weighted by atomic mass is 10.0.